The molecule has 1 N–H and O–H groups in total. The van der Waals surface area contributed by atoms with Crippen LogP contribution in [0.4, 0.5) is 0 Å². The van der Waals surface area contributed by atoms with E-state index in [4.69, 9.17) is 4.74 Å². The zero-order valence-corrected chi connectivity index (χ0v) is 11.2. The first-order valence-corrected chi connectivity index (χ1v) is 6.05. The molecular weight excluding hydrogens is 310 g/mol. The number of hydrogen-bond acceptors (Lipinski definition) is 2. The van der Waals surface area contributed by atoms with Gasteiger partial charge < -0.3 is 10.1 Å². The summed E-state index contributed by atoms with van der Waals surface area (Å²) in [5.41, 5.74) is 0. The Morgan fingerprint density at radius 2 is 1.93 bits per heavy atom. The number of para-hydroxylation sites is 1. The maximum absolute atomic E-state index is 5.64. The van der Waals surface area contributed by atoms with Crippen molar-refractivity contribution in [2.45, 2.75) is 6.42 Å². The first kappa shape index (κ1) is 12.0. The highest BCUT2D eigenvalue weighted by molar-refractivity contribution is 9.11. The molecule has 0 aliphatic carbocycles. The van der Waals surface area contributed by atoms with E-state index in [2.05, 4.69) is 37.2 Å². The second-order valence-electron chi connectivity index (χ2n) is 2.86. The fraction of sp³-hybridized carbons (Fsp3) is 0.400. The number of benzene rings is 1. The summed E-state index contributed by atoms with van der Waals surface area (Å²) >= 11 is 6.89. The third-order valence-electron chi connectivity index (χ3n) is 1.74. The fourth-order valence-corrected chi connectivity index (χ4v) is 2.27. The molecule has 0 unspecified atom stereocenters. The molecule has 78 valence electrons. The number of hydrogen-bond donors (Lipinski definition) is 1. The van der Waals surface area contributed by atoms with Crippen molar-refractivity contribution in [3.63, 3.8) is 0 Å². The molecule has 14 heavy (non-hydrogen) atoms. The fourth-order valence-electron chi connectivity index (χ4n) is 1.04. The summed E-state index contributed by atoms with van der Waals surface area (Å²) in [6, 6.07) is 5.91. The Morgan fingerprint density at radius 1 is 1.29 bits per heavy atom. The minimum atomic E-state index is 0.724. The van der Waals surface area contributed by atoms with Crippen LogP contribution in [-0.4, -0.2) is 20.2 Å². The standard InChI is InChI=1S/C10H13Br2NO/c1-13-6-3-7-14-10-8(11)4-2-5-9(10)12/h2,4-5,13H,3,6-7H2,1H3. The van der Waals surface area contributed by atoms with Crippen LogP contribution in [-0.2, 0) is 0 Å². The van der Waals surface area contributed by atoms with Crippen LogP contribution in [0.3, 0.4) is 0 Å². The summed E-state index contributed by atoms with van der Waals surface area (Å²) in [5.74, 6) is 0.878. The molecule has 1 rings (SSSR count). The number of ether oxygens (including phenoxy) is 1. The Bertz CT molecular complexity index is 271. The van der Waals surface area contributed by atoms with Crippen LogP contribution in [0.25, 0.3) is 0 Å². The van der Waals surface area contributed by atoms with Crippen LogP contribution < -0.4 is 10.1 Å². The predicted octanol–water partition coefficient (Wildman–Crippen LogP) is 3.20. The van der Waals surface area contributed by atoms with Gasteiger partial charge in [0, 0.05) is 0 Å². The Hall–Kier alpha value is -0.0600. The monoisotopic (exact) mass is 321 g/mol. The first-order valence-electron chi connectivity index (χ1n) is 4.47. The molecule has 0 bridgehead atoms. The molecule has 0 fully saturated rings. The van der Waals surface area contributed by atoms with E-state index in [-0.39, 0.29) is 0 Å². The van der Waals surface area contributed by atoms with E-state index in [1.165, 1.54) is 0 Å². The lowest BCUT2D eigenvalue weighted by atomic mass is 10.3. The summed E-state index contributed by atoms with van der Waals surface area (Å²) in [7, 11) is 1.94. The zero-order valence-electron chi connectivity index (χ0n) is 8.02. The largest absolute Gasteiger partial charge is 0.491 e. The molecule has 0 aromatic heterocycles. The lowest BCUT2D eigenvalue weighted by Gasteiger charge is -2.09. The van der Waals surface area contributed by atoms with Gasteiger partial charge in [0.15, 0.2) is 0 Å². The maximum atomic E-state index is 5.64. The molecule has 0 heterocycles. The highest BCUT2D eigenvalue weighted by Gasteiger charge is 2.04. The Morgan fingerprint density at radius 3 is 2.50 bits per heavy atom. The van der Waals surface area contributed by atoms with E-state index < -0.39 is 0 Å². The minimum absolute atomic E-state index is 0.724. The smallest absolute Gasteiger partial charge is 0.147 e. The predicted molar refractivity (Wildman–Crippen MR) is 65.9 cm³/mol. The SMILES string of the molecule is CNCCCOc1c(Br)cccc1Br. The summed E-state index contributed by atoms with van der Waals surface area (Å²) in [6.45, 7) is 1.70. The molecule has 0 spiro atoms. The van der Waals surface area contributed by atoms with Crippen molar-refractivity contribution >= 4 is 31.9 Å². The molecule has 0 aliphatic rings. The zero-order chi connectivity index (χ0) is 10.4. The molecule has 0 saturated carbocycles. The molecule has 0 aliphatic heterocycles. The second-order valence-corrected chi connectivity index (χ2v) is 4.57. The van der Waals surface area contributed by atoms with Crippen LogP contribution >= 0.6 is 31.9 Å². The van der Waals surface area contributed by atoms with E-state index in [1.54, 1.807) is 0 Å². The van der Waals surface area contributed by atoms with E-state index in [1.807, 2.05) is 25.2 Å². The van der Waals surface area contributed by atoms with E-state index >= 15 is 0 Å². The Balaban J connectivity index is 2.49. The third-order valence-corrected chi connectivity index (χ3v) is 2.99. The van der Waals surface area contributed by atoms with Crippen molar-refractivity contribution in [2.24, 2.45) is 0 Å². The first-order chi connectivity index (χ1) is 6.75. The van der Waals surface area contributed by atoms with Crippen LogP contribution in [0.15, 0.2) is 27.1 Å². The van der Waals surface area contributed by atoms with Crippen molar-refractivity contribution in [1.82, 2.24) is 5.32 Å². The topological polar surface area (TPSA) is 21.3 Å². The maximum Gasteiger partial charge on any atom is 0.147 e. The molecule has 0 saturated heterocycles. The van der Waals surface area contributed by atoms with Gasteiger partial charge in [-0.2, -0.15) is 0 Å². The van der Waals surface area contributed by atoms with Crippen molar-refractivity contribution < 1.29 is 4.74 Å². The molecule has 1 aromatic carbocycles. The van der Waals surface area contributed by atoms with Gasteiger partial charge in [-0.25, -0.2) is 0 Å². The number of halogens is 2. The van der Waals surface area contributed by atoms with Gasteiger partial charge in [0.05, 0.1) is 15.6 Å². The average Bonchev–Trinajstić information content (AvgIpc) is 2.16. The molecule has 0 atom stereocenters. The van der Waals surface area contributed by atoms with Gasteiger partial charge in [-0.15, -0.1) is 0 Å². The Labute approximate surface area is 101 Å². The van der Waals surface area contributed by atoms with Gasteiger partial charge in [0.25, 0.3) is 0 Å². The summed E-state index contributed by atoms with van der Waals surface area (Å²) < 4.78 is 7.60. The van der Waals surface area contributed by atoms with Gasteiger partial charge in [-0.1, -0.05) is 6.07 Å². The van der Waals surface area contributed by atoms with Gasteiger partial charge in [-0.05, 0) is 64.0 Å². The lowest BCUT2D eigenvalue weighted by Crippen LogP contribution is -2.11. The van der Waals surface area contributed by atoms with Crippen molar-refractivity contribution in [1.29, 1.82) is 0 Å². The van der Waals surface area contributed by atoms with E-state index in [0.29, 0.717) is 0 Å². The van der Waals surface area contributed by atoms with Crippen LogP contribution in [0.5, 0.6) is 5.75 Å². The summed E-state index contributed by atoms with van der Waals surface area (Å²) in [4.78, 5) is 0. The minimum Gasteiger partial charge on any atom is -0.491 e. The molecule has 1 aromatic rings. The molecule has 0 radical (unpaired) electrons. The normalized spacial score (nSPS) is 10.2. The van der Waals surface area contributed by atoms with Crippen molar-refractivity contribution in [2.75, 3.05) is 20.2 Å². The lowest BCUT2D eigenvalue weighted by molar-refractivity contribution is 0.306. The van der Waals surface area contributed by atoms with Crippen molar-refractivity contribution in [3.8, 4) is 5.75 Å². The van der Waals surface area contributed by atoms with Crippen LogP contribution in [0.1, 0.15) is 6.42 Å². The third kappa shape index (κ3) is 3.59. The van der Waals surface area contributed by atoms with E-state index in [0.717, 1.165) is 34.3 Å². The van der Waals surface area contributed by atoms with Gasteiger partial charge >= 0.3 is 0 Å². The molecule has 0 amide bonds. The van der Waals surface area contributed by atoms with Crippen molar-refractivity contribution in [3.05, 3.63) is 27.1 Å². The van der Waals surface area contributed by atoms with Crippen LogP contribution in [0.2, 0.25) is 0 Å². The molecular formula is C10H13Br2NO. The van der Waals surface area contributed by atoms with E-state index in [9.17, 15) is 0 Å². The average molecular weight is 323 g/mol. The number of nitrogens with one attached hydrogen (secondary N) is 1. The Kier molecular flexibility index (Phi) is 5.52. The van der Waals surface area contributed by atoms with Gasteiger partial charge in [-0.3, -0.25) is 0 Å². The highest BCUT2D eigenvalue weighted by atomic mass is 79.9. The van der Waals surface area contributed by atoms with Gasteiger partial charge in [0.2, 0.25) is 0 Å². The molecule has 2 nitrogen and oxygen atoms in total. The summed E-state index contributed by atoms with van der Waals surface area (Å²) in [5, 5.41) is 3.08. The summed E-state index contributed by atoms with van der Waals surface area (Å²) in [6.07, 6.45) is 1.00. The number of rotatable bonds is 5. The molecule has 4 heteroatoms. The van der Waals surface area contributed by atoms with Crippen LogP contribution in [0, 0.1) is 0 Å². The van der Waals surface area contributed by atoms with Gasteiger partial charge in [0.1, 0.15) is 5.75 Å². The highest BCUT2D eigenvalue weighted by Crippen LogP contribution is 2.32. The second kappa shape index (κ2) is 6.43. The quantitative estimate of drug-likeness (QED) is 0.841.